The molecule has 14 nitrogen and oxygen atoms in total. The zero-order valence-corrected chi connectivity index (χ0v) is 21.4. The van der Waals surface area contributed by atoms with Gasteiger partial charge in [-0.15, -0.1) is 0 Å². The Labute approximate surface area is 220 Å². The summed E-state index contributed by atoms with van der Waals surface area (Å²) in [6.45, 7) is 3.42. The molecule has 4 atom stereocenters. The van der Waals surface area contributed by atoms with E-state index in [9.17, 15) is 34.2 Å². The number of carboxylic acids is 2. The van der Waals surface area contributed by atoms with E-state index in [2.05, 4.69) is 20.9 Å². The molecule has 0 aromatic heterocycles. The molecule has 0 aliphatic heterocycles. The summed E-state index contributed by atoms with van der Waals surface area (Å²) >= 11 is 0. The van der Waals surface area contributed by atoms with Crippen molar-refractivity contribution in [2.24, 2.45) is 28.1 Å². The minimum atomic E-state index is -1.60. The van der Waals surface area contributed by atoms with Gasteiger partial charge in [-0.2, -0.15) is 0 Å². The number of nitrogens with two attached hydrogens (primary N) is 3. The van der Waals surface area contributed by atoms with Gasteiger partial charge in [0.05, 0.1) is 12.5 Å². The Balaban J connectivity index is 2.90. The first-order valence-electron chi connectivity index (χ1n) is 12.0. The third kappa shape index (κ3) is 11.7. The summed E-state index contributed by atoms with van der Waals surface area (Å²) < 4.78 is 0. The van der Waals surface area contributed by atoms with Crippen LogP contribution in [0.2, 0.25) is 0 Å². The van der Waals surface area contributed by atoms with Crippen LogP contribution in [-0.4, -0.2) is 76.5 Å². The highest BCUT2D eigenvalue weighted by atomic mass is 16.4. The second-order valence-corrected chi connectivity index (χ2v) is 9.03. The summed E-state index contributed by atoms with van der Waals surface area (Å²) in [4.78, 5) is 65.1. The van der Waals surface area contributed by atoms with Crippen LogP contribution in [0.25, 0.3) is 0 Å². The number of carbonyl (C=O) groups excluding carboxylic acids is 3. The number of amides is 3. The second-order valence-electron chi connectivity index (χ2n) is 9.03. The Hall–Kier alpha value is -4.20. The van der Waals surface area contributed by atoms with Crippen LogP contribution >= 0.6 is 0 Å². The fraction of sp³-hybridized carbons (Fsp3) is 0.500. The van der Waals surface area contributed by atoms with Crippen molar-refractivity contribution >= 4 is 35.6 Å². The summed E-state index contributed by atoms with van der Waals surface area (Å²) in [6, 6.07) is 3.97. The number of aliphatic imine (C=N–C) groups is 1. The largest absolute Gasteiger partial charge is 0.481 e. The van der Waals surface area contributed by atoms with Gasteiger partial charge in [0.25, 0.3) is 0 Å². The third-order valence-corrected chi connectivity index (χ3v) is 5.45. The van der Waals surface area contributed by atoms with E-state index < -0.39 is 66.2 Å². The lowest BCUT2D eigenvalue weighted by Gasteiger charge is -2.26. The Morgan fingerprint density at radius 1 is 0.895 bits per heavy atom. The maximum absolute atomic E-state index is 13.0. The highest BCUT2D eigenvalue weighted by Gasteiger charge is 2.32. The van der Waals surface area contributed by atoms with E-state index in [4.69, 9.17) is 17.2 Å². The molecule has 0 saturated carbocycles. The Morgan fingerprint density at radius 2 is 1.50 bits per heavy atom. The van der Waals surface area contributed by atoms with Crippen molar-refractivity contribution in [3.05, 3.63) is 35.9 Å². The molecule has 3 amide bonds. The van der Waals surface area contributed by atoms with Crippen LogP contribution in [0.3, 0.4) is 0 Å². The van der Waals surface area contributed by atoms with Crippen molar-refractivity contribution in [1.29, 1.82) is 0 Å². The van der Waals surface area contributed by atoms with Gasteiger partial charge in [0.1, 0.15) is 18.1 Å². The van der Waals surface area contributed by atoms with Crippen LogP contribution in [0.5, 0.6) is 0 Å². The smallest absolute Gasteiger partial charge is 0.326 e. The minimum absolute atomic E-state index is 0.0461. The van der Waals surface area contributed by atoms with Gasteiger partial charge in [0.15, 0.2) is 5.96 Å². The Bertz CT molecular complexity index is 997. The number of rotatable bonds is 16. The van der Waals surface area contributed by atoms with E-state index in [0.29, 0.717) is 0 Å². The standard InChI is InChI=1S/C24H37N7O7/c1-13(2)19(31-20(34)15(25)11-14-7-4-3-5-8-14)22(36)30-17(12-18(32)33)21(35)29-16(23(37)38)9-6-10-28-24(26)27/h3-5,7-8,13,15-17,19H,6,9-12,25H2,1-2H3,(H,29,35)(H,30,36)(H,31,34)(H,32,33)(H,37,38)(H4,26,27,28). The molecule has 0 spiro atoms. The molecule has 0 aliphatic carbocycles. The number of aliphatic carboxylic acids is 2. The summed E-state index contributed by atoms with van der Waals surface area (Å²) in [6.07, 6.45) is -0.418. The summed E-state index contributed by atoms with van der Waals surface area (Å²) in [5, 5.41) is 25.8. The lowest BCUT2D eigenvalue weighted by atomic mass is 10.0. The lowest BCUT2D eigenvalue weighted by Crippen LogP contribution is -2.58. The molecule has 0 fully saturated rings. The maximum Gasteiger partial charge on any atom is 0.326 e. The number of hydrogen-bond donors (Lipinski definition) is 8. The van der Waals surface area contributed by atoms with E-state index in [1.165, 1.54) is 0 Å². The van der Waals surface area contributed by atoms with Crippen molar-refractivity contribution in [2.45, 2.75) is 63.7 Å². The first-order valence-corrected chi connectivity index (χ1v) is 12.0. The average Bonchev–Trinajstić information content (AvgIpc) is 2.83. The summed E-state index contributed by atoms with van der Waals surface area (Å²) in [5.74, 6) is -5.81. The molecular formula is C24H37N7O7. The average molecular weight is 536 g/mol. The molecule has 11 N–H and O–H groups in total. The fourth-order valence-corrected chi connectivity index (χ4v) is 3.43. The maximum atomic E-state index is 13.0. The van der Waals surface area contributed by atoms with E-state index in [1.54, 1.807) is 38.1 Å². The zero-order chi connectivity index (χ0) is 28.8. The molecule has 210 valence electrons. The van der Waals surface area contributed by atoms with Gasteiger partial charge in [-0.1, -0.05) is 44.2 Å². The lowest BCUT2D eigenvalue weighted by molar-refractivity contribution is -0.144. The quantitative estimate of drug-likeness (QED) is 0.0675. The predicted octanol–water partition coefficient (Wildman–Crippen LogP) is -1.72. The van der Waals surface area contributed by atoms with Crippen LogP contribution in [-0.2, 0) is 30.4 Å². The van der Waals surface area contributed by atoms with Crippen LogP contribution in [0.1, 0.15) is 38.7 Å². The predicted molar refractivity (Wildman–Crippen MR) is 139 cm³/mol. The van der Waals surface area contributed by atoms with Crippen molar-refractivity contribution < 1.29 is 34.2 Å². The number of carboxylic acid groups (broad SMARTS) is 2. The first kappa shape index (κ1) is 31.8. The van der Waals surface area contributed by atoms with Gasteiger partial charge in [0.2, 0.25) is 17.7 Å². The van der Waals surface area contributed by atoms with Crippen LogP contribution < -0.4 is 33.2 Å². The number of hydrogen-bond acceptors (Lipinski definition) is 7. The van der Waals surface area contributed by atoms with Gasteiger partial charge >= 0.3 is 11.9 Å². The van der Waals surface area contributed by atoms with Gasteiger partial charge in [0, 0.05) is 6.54 Å². The van der Waals surface area contributed by atoms with Crippen LogP contribution in [0.15, 0.2) is 35.3 Å². The molecule has 1 rings (SSSR count). The van der Waals surface area contributed by atoms with Crippen molar-refractivity contribution in [1.82, 2.24) is 16.0 Å². The third-order valence-electron chi connectivity index (χ3n) is 5.45. The molecule has 0 saturated heterocycles. The van der Waals surface area contributed by atoms with Gasteiger partial charge in [-0.3, -0.25) is 24.2 Å². The molecular weight excluding hydrogens is 498 g/mol. The van der Waals surface area contributed by atoms with E-state index >= 15 is 0 Å². The van der Waals surface area contributed by atoms with Crippen LogP contribution in [0.4, 0.5) is 0 Å². The number of benzene rings is 1. The fourth-order valence-electron chi connectivity index (χ4n) is 3.43. The number of nitrogens with zero attached hydrogens (tertiary/aromatic N) is 1. The normalized spacial score (nSPS) is 13.9. The van der Waals surface area contributed by atoms with E-state index in [-0.39, 0.29) is 31.8 Å². The Morgan fingerprint density at radius 3 is 2.03 bits per heavy atom. The van der Waals surface area contributed by atoms with Gasteiger partial charge in [-0.25, -0.2) is 4.79 Å². The van der Waals surface area contributed by atoms with Crippen molar-refractivity contribution in [3.63, 3.8) is 0 Å². The molecule has 1 aromatic carbocycles. The molecule has 0 aliphatic rings. The molecule has 0 heterocycles. The summed E-state index contributed by atoms with van der Waals surface area (Å²) in [5.41, 5.74) is 17.3. The molecule has 0 bridgehead atoms. The van der Waals surface area contributed by atoms with Crippen molar-refractivity contribution in [3.8, 4) is 0 Å². The minimum Gasteiger partial charge on any atom is -0.481 e. The highest BCUT2D eigenvalue weighted by Crippen LogP contribution is 2.07. The highest BCUT2D eigenvalue weighted by molar-refractivity contribution is 5.95. The van der Waals surface area contributed by atoms with Gasteiger partial charge < -0.3 is 43.4 Å². The molecule has 0 radical (unpaired) electrons. The van der Waals surface area contributed by atoms with Crippen molar-refractivity contribution in [2.75, 3.05) is 6.54 Å². The number of guanidine groups is 1. The molecule has 14 heteroatoms. The number of nitrogens with one attached hydrogen (secondary N) is 3. The number of carbonyl (C=O) groups is 5. The van der Waals surface area contributed by atoms with E-state index in [0.717, 1.165) is 5.56 Å². The van der Waals surface area contributed by atoms with Crippen LogP contribution in [0, 0.1) is 5.92 Å². The Kier molecular flexibility index (Phi) is 13.2. The van der Waals surface area contributed by atoms with Gasteiger partial charge in [-0.05, 0) is 30.7 Å². The molecule has 1 aromatic rings. The summed E-state index contributed by atoms with van der Waals surface area (Å²) in [7, 11) is 0. The second kappa shape index (κ2) is 15.8. The monoisotopic (exact) mass is 535 g/mol. The first-order chi connectivity index (χ1) is 17.8. The molecule has 4 unspecified atom stereocenters. The zero-order valence-electron chi connectivity index (χ0n) is 21.4. The SMILES string of the molecule is CC(C)C(NC(=O)C(N)Cc1ccccc1)C(=O)NC(CC(=O)O)C(=O)NC(CCCN=C(N)N)C(=O)O. The topological polar surface area (TPSA) is 252 Å². The molecule has 38 heavy (non-hydrogen) atoms. The van der Waals surface area contributed by atoms with E-state index in [1.807, 2.05) is 6.07 Å².